The number of amides is 1. The molecule has 0 saturated carbocycles. The zero-order valence-electron chi connectivity index (χ0n) is 11.4. The number of ether oxygens (including phenoxy) is 1. The number of rotatable bonds is 6. The van der Waals surface area contributed by atoms with Crippen LogP contribution in [0.25, 0.3) is 0 Å². The fraction of sp³-hybridized carbons (Fsp3) is 0.500. The number of halogens is 1. The molecule has 0 heterocycles. The second-order valence-corrected chi connectivity index (χ2v) is 6.12. The monoisotopic (exact) mass is 329 g/mol. The molecule has 0 bridgehead atoms. The van der Waals surface area contributed by atoms with Gasteiger partial charge in [0.1, 0.15) is 0 Å². The number of hydrogen-bond acceptors (Lipinski definition) is 3. The van der Waals surface area contributed by atoms with E-state index in [9.17, 15) is 9.90 Å². The summed E-state index contributed by atoms with van der Waals surface area (Å²) >= 11 is 3.53. The van der Waals surface area contributed by atoms with Crippen LogP contribution in [0, 0.1) is 5.92 Å². The van der Waals surface area contributed by atoms with Gasteiger partial charge in [-0.1, -0.05) is 29.8 Å². The smallest absolute Gasteiger partial charge is 0.251 e. The van der Waals surface area contributed by atoms with Crippen molar-refractivity contribution in [3.8, 4) is 11.5 Å². The summed E-state index contributed by atoms with van der Waals surface area (Å²) in [4.78, 5) is 12.2. The molecule has 19 heavy (non-hydrogen) atoms. The Kier molecular flexibility index (Phi) is 6.15. The lowest BCUT2D eigenvalue weighted by Crippen LogP contribution is -2.30. The minimum Gasteiger partial charge on any atom is -0.504 e. The van der Waals surface area contributed by atoms with Gasteiger partial charge in [0.05, 0.1) is 7.11 Å². The molecule has 5 heteroatoms. The van der Waals surface area contributed by atoms with Crippen molar-refractivity contribution in [1.29, 1.82) is 0 Å². The fourth-order valence-corrected chi connectivity index (χ4v) is 2.64. The van der Waals surface area contributed by atoms with Crippen LogP contribution in [0.15, 0.2) is 18.2 Å². The third-order valence-corrected chi connectivity index (χ3v) is 3.35. The molecule has 0 saturated heterocycles. The van der Waals surface area contributed by atoms with E-state index in [4.69, 9.17) is 4.74 Å². The van der Waals surface area contributed by atoms with Gasteiger partial charge in [-0.25, -0.2) is 0 Å². The number of carbonyl (C=O) groups is 1. The Morgan fingerprint density at radius 1 is 1.47 bits per heavy atom. The van der Waals surface area contributed by atoms with Crippen LogP contribution in [-0.4, -0.2) is 29.5 Å². The van der Waals surface area contributed by atoms with E-state index in [2.05, 4.69) is 35.1 Å². The van der Waals surface area contributed by atoms with E-state index in [-0.39, 0.29) is 16.5 Å². The highest BCUT2D eigenvalue weighted by Gasteiger charge is 2.12. The van der Waals surface area contributed by atoms with Crippen molar-refractivity contribution in [3.05, 3.63) is 23.8 Å². The summed E-state index contributed by atoms with van der Waals surface area (Å²) < 4.78 is 4.93. The molecule has 1 aromatic carbocycles. The number of phenolic OH excluding ortho intramolecular Hbond substituents is 1. The van der Waals surface area contributed by atoms with E-state index in [1.165, 1.54) is 13.2 Å². The molecule has 0 aliphatic rings. The van der Waals surface area contributed by atoms with Crippen molar-refractivity contribution in [1.82, 2.24) is 5.32 Å². The van der Waals surface area contributed by atoms with E-state index in [0.717, 1.165) is 6.42 Å². The summed E-state index contributed by atoms with van der Waals surface area (Å²) in [6.07, 6.45) is 0.994. The molecule has 106 valence electrons. The van der Waals surface area contributed by atoms with Gasteiger partial charge in [0.25, 0.3) is 5.91 Å². The fourth-order valence-electron chi connectivity index (χ4n) is 1.73. The van der Waals surface area contributed by atoms with Crippen molar-refractivity contribution >= 4 is 21.8 Å². The van der Waals surface area contributed by atoms with Crippen molar-refractivity contribution < 1.29 is 14.6 Å². The van der Waals surface area contributed by atoms with Gasteiger partial charge in [-0.05, 0) is 30.5 Å². The summed E-state index contributed by atoms with van der Waals surface area (Å²) in [7, 11) is 1.47. The topological polar surface area (TPSA) is 58.6 Å². The Hall–Kier alpha value is -1.23. The molecular formula is C14H20BrNO3. The lowest BCUT2D eigenvalue weighted by molar-refractivity contribution is 0.0953. The molecule has 4 nitrogen and oxygen atoms in total. The van der Waals surface area contributed by atoms with Gasteiger partial charge in [-0.3, -0.25) is 4.79 Å². The molecule has 0 spiro atoms. The molecular weight excluding hydrogens is 310 g/mol. The second kappa shape index (κ2) is 7.38. The summed E-state index contributed by atoms with van der Waals surface area (Å²) in [5, 5.41) is 12.5. The van der Waals surface area contributed by atoms with Crippen LogP contribution in [0.4, 0.5) is 0 Å². The van der Waals surface area contributed by atoms with E-state index >= 15 is 0 Å². The number of benzene rings is 1. The molecule has 1 amide bonds. The van der Waals surface area contributed by atoms with Crippen molar-refractivity contribution in [2.45, 2.75) is 25.1 Å². The van der Waals surface area contributed by atoms with Crippen molar-refractivity contribution in [2.75, 3.05) is 13.7 Å². The Labute approximate surface area is 122 Å². The molecule has 1 atom stereocenters. The minimum atomic E-state index is -0.203. The van der Waals surface area contributed by atoms with Gasteiger partial charge >= 0.3 is 0 Å². The van der Waals surface area contributed by atoms with E-state index in [0.29, 0.717) is 23.8 Å². The summed E-state index contributed by atoms with van der Waals surface area (Å²) in [5.74, 6) is 0.694. The molecule has 1 aromatic rings. The van der Waals surface area contributed by atoms with Crippen LogP contribution in [0.2, 0.25) is 0 Å². The Balaban J connectivity index is 2.56. The molecule has 0 aliphatic carbocycles. The molecule has 0 fully saturated rings. The summed E-state index contributed by atoms with van der Waals surface area (Å²) in [6, 6.07) is 4.60. The molecule has 2 N–H and O–H groups in total. The first-order chi connectivity index (χ1) is 8.93. The number of nitrogens with one attached hydrogen (secondary N) is 1. The highest BCUT2D eigenvalue weighted by molar-refractivity contribution is 9.09. The van der Waals surface area contributed by atoms with Gasteiger partial charge in [0, 0.05) is 16.9 Å². The Morgan fingerprint density at radius 3 is 2.68 bits per heavy atom. The van der Waals surface area contributed by atoms with Gasteiger partial charge in [0.2, 0.25) is 0 Å². The van der Waals surface area contributed by atoms with Crippen LogP contribution >= 0.6 is 15.9 Å². The van der Waals surface area contributed by atoms with Crippen LogP contribution in [0.1, 0.15) is 30.6 Å². The van der Waals surface area contributed by atoms with Gasteiger partial charge in [0.15, 0.2) is 11.5 Å². The molecule has 0 aliphatic heterocycles. The van der Waals surface area contributed by atoms with Crippen LogP contribution in [0.3, 0.4) is 0 Å². The molecule has 1 rings (SSSR count). The number of aromatic hydroxyl groups is 1. The lowest BCUT2D eigenvalue weighted by atomic mass is 10.1. The zero-order chi connectivity index (χ0) is 14.4. The molecule has 0 aromatic heterocycles. The normalized spacial score (nSPS) is 12.3. The lowest BCUT2D eigenvalue weighted by Gasteiger charge is -2.13. The second-order valence-electron chi connectivity index (χ2n) is 4.82. The molecule has 0 radical (unpaired) electrons. The third kappa shape index (κ3) is 5.11. The maximum atomic E-state index is 11.9. The number of alkyl halides is 1. The predicted octanol–water partition coefficient (Wildman–Crippen LogP) is 2.94. The highest BCUT2D eigenvalue weighted by atomic mass is 79.9. The average molecular weight is 330 g/mol. The maximum Gasteiger partial charge on any atom is 0.251 e. The summed E-state index contributed by atoms with van der Waals surface area (Å²) in [5.41, 5.74) is 0.419. The predicted molar refractivity (Wildman–Crippen MR) is 79.2 cm³/mol. The van der Waals surface area contributed by atoms with E-state index in [1.54, 1.807) is 12.1 Å². The van der Waals surface area contributed by atoms with Crippen LogP contribution < -0.4 is 10.1 Å². The standard InChI is InChI=1S/C14H20BrNO3/c1-9(2)6-11(15)8-16-14(18)10-4-5-13(19-3)12(17)7-10/h4-5,7,9,11,17H,6,8H2,1-3H3,(H,16,18). The first-order valence-electron chi connectivity index (χ1n) is 6.23. The first kappa shape index (κ1) is 15.8. The van der Waals surface area contributed by atoms with Gasteiger partial charge in [-0.2, -0.15) is 0 Å². The van der Waals surface area contributed by atoms with Gasteiger partial charge in [-0.15, -0.1) is 0 Å². The molecule has 1 unspecified atom stereocenters. The Morgan fingerprint density at radius 2 is 2.16 bits per heavy atom. The first-order valence-corrected chi connectivity index (χ1v) is 7.15. The van der Waals surface area contributed by atoms with Crippen LogP contribution in [0.5, 0.6) is 11.5 Å². The number of phenols is 1. The van der Waals surface area contributed by atoms with E-state index in [1.807, 2.05) is 0 Å². The van der Waals surface area contributed by atoms with Crippen LogP contribution in [-0.2, 0) is 0 Å². The van der Waals surface area contributed by atoms with Gasteiger partial charge < -0.3 is 15.2 Å². The largest absolute Gasteiger partial charge is 0.504 e. The summed E-state index contributed by atoms with van der Waals surface area (Å²) in [6.45, 7) is 4.83. The maximum absolute atomic E-state index is 11.9. The van der Waals surface area contributed by atoms with E-state index < -0.39 is 0 Å². The number of carbonyl (C=O) groups excluding carboxylic acids is 1. The highest BCUT2D eigenvalue weighted by Crippen LogP contribution is 2.26. The van der Waals surface area contributed by atoms with Crippen molar-refractivity contribution in [2.24, 2.45) is 5.92 Å². The Bertz CT molecular complexity index is 435. The number of hydrogen-bond donors (Lipinski definition) is 2. The quantitative estimate of drug-likeness (QED) is 0.789. The van der Waals surface area contributed by atoms with Crippen molar-refractivity contribution in [3.63, 3.8) is 0 Å². The third-order valence-electron chi connectivity index (χ3n) is 2.65. The SMILES string of the molecule is COc1ccc(C(=O)NCC(Br)CC(C)C)cc1O. The zero-order valence-corrected chi connectivity index (χ0v) is 13.0. The number of methoxy groups -OCH3 is 1. The average Bonchev–Trinajstić information content (AvgIpc) is 2.35. The minimum absolute atomic E-state index is 0.0345.